The zero-order valence-electron chi connectivity index (χ0n) is 10.0. The van der Waals surface area contributed by atoms with Crippen LogP contribution in [0.5, 0.6) is 0 Å². The van der Waals surface area contributed by atoms with Crippen LogP contribution < -0.4 is 5.32 Å². The summed E-state index contributed by atoms with van der Waals surface area (Å²) in [6.45, 7) is 5.67. The molecule has 0 spiro atoms. The maximum absolute atomic E-state index is 11.9. The third-order valence-electron chi connectivity index (χ3n) is 2.69. The molecule has 92 valence electrons. The lowest BCUT2D eigenvalue weighted by molar-refractivity contribution is -0.147. The van der Waals surface area contributed by atoms with E-state index in [4.69, 9.17) is 4.74 Å². The average Bonchev–Trinajstić information content (AvgIpc) is 2.66. The number of carbonyl (C=O) groups is 2. The van der Waals surface area contributed by atoms with Gasteiger partial charge in [0.15, 0.2) is 0 Å². The van der Waals surface area contributed by atoms with E-state index < -0.39 is 6.04 Å². The molecule has 4 nitrogen and oxygen atoms in total. The van der Waals surface area contributed by atoms with E-state index in [0.717, 1.165) is 18.6 Å². The second kappa shape index (κ2) is 5.57. The summed E-state index contributed by atoms with van der Waals surface area (Å²) in [6.07, 6.45) is 1.93. The van der Waals surface area contributed by atoms with E-state index in [1.807, 2.05) is 6.92 Å². The number of hydrogen-bond acceptors (Lipinski definition) is 4. The Morgan fingerprint density at radius 2 is 2.25 bits per heavy atom. The molecule has 0 aromatic heterocycles. The lowest BCUT2D eigenvalue weighted by Gasteiger charge is -2.23. The molecule has 1 rings (SSSR count). The fraction of sp³-hybridized carbons (Fsp3) is 0.818. The van der Waals surface area contributed by atoms with Crippen molar-refractivity contribution in [3.05, 3.63) is 0 Å². The Labute approximate surface area is 100 Å². The molecular formula is C11H19NO3S. The fourth-order valence-electron chi connectivity index (χ4n) is 1.63. The lowest BCUT2D eigenvalue weighted by Crippen LogP contribution is -2.47. The van der Waals surface area contributed by atoms with Gasteiger partial charge in [-0.05, 0) is 39.4 Å². The molecule has 0 saturated carbocycles. The molecule has 1 N–H and O–H groups in total. The molecule has 0 aliphatic carbocycles. The van der Waals surface area contributed by atoms with E-state index in [2.05, 4.69) is 5.32 Å². The fourth-order valence-corrected chi connectivity index (χ4v) is 2.85. The standard InChI is InChI=1S/C11H19NO3S/c1-4-15-9(13)8(2)12-10(14)11(3)6-5-7-16-11/h8H,4-7H2,1-3H3,(H,12,14). The maximum Gasteiger partial charge on any atom is 0.328 e. The number of thioether (sulfide) groups is 1. The van der Waals surface area contributed by atoms with Crippen molar-refractivity contribution in [2.75, 3.05) is 12.4 Å². The van der Waals surface area contributed by atoms with E-state index in [9.17, 15) is 9.59 Å². The van der Waals surface area contributed by atoms with Crippen molar-refractivity contribution < 1.29 is 14.3 Å². The molecule has 1 aliphatic rings. The van der Waals surface area contributed by atoms with Gasteiger partial charge in [0.05, 0.1) is 11.4 Å². The van der Waals surface area contributed by atoms with Gasteiger partial charge in [-0.1, -0.05) is 0 Å². The molecule has 1 saturated heterocycles. The van der Waals surface area contributed by atoms with Crippen LogP contribution in [0.2, 0.25) is 0 Å². The van der Waals surface area contributed by atoms with Gasteiger partial charge in [0.2, 0.25) is 5.91 Å². The van der Waals surface area contributed by atoms with Gasteiger partial charge in [0, 0.05) is 0 Å². The molecule has 0 bridgehead atoms. The molecule has 5 heteroatoms. The number of rotatable bonds is 4. The summed E-state index contributed by atoms with van der Waals surface area (Å²) in [6, 6.07) is -0.564. The minimum Gasteiger partial charge on any atom is -0.464 e. The van der Waals surface area contributed by atoms with E-state index in [1.54, 1.807) is 25.6 Å². The first-order chi connectivity index (χ1) is 7.49. The molecule has 1 amide bonds. The monoisotopic (exact) mass is 245 g/mol. The number of esters is 1. The van der Waals surface area contributed by atoms with Gasteiger partial charge >= 0.3 is 5.97 Å². The van der Waals surface area contributed by atoms with Gasteiger partial charge in [-0.15, -0.1) is 11.8 Å². The highest BCUT2D eigenvalue weighted by Crippen LogP contribution is 2.37. The minimum atomic E-state index is -0.564. The molecule has 0 aromatic carbocycles. The van der Waals surface area contributed by atoms with Gasteiger partial charge in [0.1, 0.15) is 6.04 Å². The summed E-state index contributed by atoms with van der Waals surface area (Å²) < 4.78 is 4.47. The normalized spacial score (nSPS) is 26.2. The first-order valence-electron chi connectivity index (χ1n) is 5.61. The highest BCUT2D eigenvalue weighted by Gasteiger charge is 2.38. The lowest BCUT2D eigenvalue weighted by atomic mass is 10.0. The number of nitrogens with one attached hydrogen (secondary N) is 1. The van der Waals surface area contributed by atoms with Gasteiger partial charge in [-0.2, -0.15) is 0 Å². The van der Waals surface area contributed by atoms with E-state index >= 15 is 0 Å². The SMILES string of the molecule is CCOC(=O)C(C)NC(=O)C1(C)CCCS1. The average molecular weight is 245 g/mol. The highest BCUT2D eigenvalue weighted by molar-refractivity contribution is 8.01. The Kier molecular flexibility index (Phi) is 4.65. The zero-order valence-corrected chi connectivity index (χ0v) is 10.9. The van der Waals surface area contributed by atoms with Crippen molar-refractivity contribution in [3.8, 4) is 0 Å². The van der Waals surface area contributed by atoms with Crippen molar-refractivity contribution in [1.82, 2.24) is 5.32 Å². The molecule has 2 atom stereocenters. The topological polar surface area (TPSA) is 55.4 Å². The van der Waals surface area contributed by atoms with Crippen LogP contribution in [0.3, 0.4) is 0 Å². The molecule has 1 fully saturated rings. The molecule has 1 heterocycles. The summed E-state index contributed by atoms with van der Waals surface area (Å²) in [4.78, 5) is 23.3. The largest absolute Gasteiger partial charge is 0.464 e. The third kappa shape index (κ3) is 3.14. The Morgan fingerprint density at radius 3 is 2.75 bits per heavy atom. The summed E-state index contributed by atoms with van der Waals surface area (Å²) in [5.74, 6) is 0.579. The Morgan fingerprint density at radius 1 is 1.56 bits per heavy atom. The van der Waals surface area contributed by atoms with Crippen LogP contribution in [0, 0.1) is 0 Å². The summed E-state index contributed by atoms with van der Waals surface area (Å²) in [5.41, 5.74) is 0. The quantitative estimate of drug-likeness (QED) is 0.759. The highest BCUT2D eigenvalue weighted by atomic mass is 32.2. The maximum atomic E-state index is 11.9. The Bertz CT molecular complexity index is 274. The molecule has 16 heavy (non-hydrogen) atoms. The van der Waals surface area contributed by atoms with Gasteiger partial charge in [-0.3, -0.25) is 4.79 Å². The Balaban J connectivity index is 2.47. The van der Waals surface area contributed by atoms with E-state index in [0.29, 0.717) is 6.61 Å². The first kappa shape index (κ1) is 13.4. The summed E-state index contributed by atoms with van der Waals surface area (Å²) in [7, 11) is 0. The number of hydrogen-bond donors (Lipinski definition) is 1. The van der Waals surface area contributed by atoms with E-state index in [1.165, 1.54) is 0 Å². The van der Waals surface area contributed by atoms with Crippen LogP contribution in [0.1, 0.15) is 33.6 Å². The van der Waals surface area contributed by atoms with E-state index in [-0.39, 0.29) is 16.6 Å². The molecule has 0 radical (unpaired) electrons. The van der Waals surface area contributed by atoms with Crippen LogP contribution in [0.15, 0.2) is 0 Å². The van der Waals surface area contributed by atoms with Crippen molar-refractivity contribution in [2.45, 2.75) is 44.4 Å². The van der Waals surface area contributed by atoms with Crippen molar-refractivity contribution in [2.24, 2.45) is 0 Å². The minimum absolute atomic E-state index is 0.0597. The number of amides is 1. The third-order valence-corrected chi connectivity index (χ3v) is 4.21. The smallest absolute Gasteiger partial charge is 0.328 e. The summed E-state index contributed by atoms with van der Waals surface area (Å²) >= 11 is 1.66. The van der Waals surface area contributed by atoms with Crippen molar-refractivity contribution in [1.29, 1.82) is 0 Å². The summed E-state index contributed by atoms with van der Waals surface area (Å²) in [5, 5.41) is 2.71. The molecule has 1 aliphatic heterocycles. The molecular weight excluding hydrogens is 226 g/mol. The second-order valence-electron chi connectivity index (χ2n) is 4.13. The zero-order chi connectivity index (χ0) is 12.2. The first-order valence-corrected chi connectivity index (χ1v) is 6.59. The predicted molar refractivity (Wildman–Crippen MR) is 64.3 cm³/mol. The molecule has 0 aromatic rings. The van der Waals surface area contributed by atoms with Crippen LogP contribution in [0.25, 0.3) is 0 Å². The van der Waals surface area contributed by atoms with Crippen LogP contribution in [-0.4, -0.2) is 35.0 Å². The Hall–Kier alpha value is -0.710. The van der Waals surface area contributed by atoms with Gasteiger partial charge in [-0.25, -0.2) is 4.79 Å². The van der Waals surface area contributed by atoms with Crippen LogP contribution in [0.4, 0.5) is 0 Å². The second-order valence-corrected chi connectivity index (χ2v) is 5.73. The van der Waals surface area contributed by atoms with Gasteiger partial charge in [0.25, 0.3) is 0 Å². The predicted octanol–water partition coefficient (Wildman–Crippen LogP) is 1.34. The van der Waals surface area contributed by atoms with Crippen molar-refractivity contribution >= 4 is 23.6 Å². The van der Waals surface area contributed by atoms with Crippen LogP contribution in [-0.2, 0) is 14.3 Å². The molecule has 2 unspecified atom stereocenters. The number of carbonyl (C=O) groups excluding carboxylic acids is 2. The van der Waals surface area contributed by atoms with Crippen molar-refractivity contribution in [3.63, 3.8) is 0 Å². The van der Waals surface area contributed by atoms with Gasteiger partial charge < -0.3 is 10.1 Å². The van der Waals surface area contributed by atoms with Crippen LogP contribution >= 0.6 is 11.8 Å². The number of ether oxygens (including phenoxy) is 1.